The Labute approximate surface area is 168 Å². The molecule has 29 heavy (non-hydrogen) atoms. The van der Waals surface area contributed by atoms with Gasteiger partial charge < -0.3 is 20.4 Å². The van der Waals surface area contributed by atoms with Crippen molar-refractivity contribution < 1.29 is 14.6 Å². The van der Waals surface area contributed by atoms with Crippen LogP contribution in [0.15, 0.2) is 36.4 Å². The molecule has 0 fully saturated rings. The van der Waals surface area contributed by atoms with E-state index in [-0.39, 0.29) is 23.4 Å². The van der Waals surface area contributed by atoms with Crippen molar-refractivity contribution in [3.8, 4) is 11.5 Å². The fourth-order valence-corrected chi connectivity index (χ4v) is 3.74. The lowest BCUT2D eigenvalue weighted by Crippen LogP contribution is -2.35. The first kappa shape index (κ1) is 19.0. The minimum atomic E-state index is -0.299. The third-order valence-electron chi connectivity index (χ3n) is 5.51. The number of hydrogen-bond donors (Lipinski definition) is 3. The van der Waals surface area contributed by atoms with Crippen molar-refractivity contribution in [2.24, 2.45) is 0 Å². The molecular weight excluding hydrogens is 371 g/mol. The molecule has 6 nitrogen and oxygen atoms in total. The molecule has 0 radical (unpaired) electrons. The number of aromatic nitrogens is 2. The number of anilines is 3. The van der Waals surface area contributed by atoms with Gasteiger partial charge in [-0.3, -0.25) is 0 Å². The molecule has 3 aromatic rings. The average molecular weight is 394 g/mol. The topological polar surface area (TPSA) is 81.5 Å². The zero-order valence-corrected chi connectivity index (χ0v) is 16.6. The highest BCUT2D eigenvalue weighted by Crippen LogP contribution is 2.39. The lowest BCUT2D eigenvalue weighted by molar-refractivity contribution is 0.401. The summed E-state index contributed by atoms with van der Waals surface area (Å²) in [6.07, 6.45) is 0.733. The first-order valence-corrected chi connectivity index (χ1v) is 9.52. The Bertz CT molecular complexity index is 1070. The van der Waals surface area contributed by atoms with Crippen LogP contribution in [-0.4, -0.2) is 26.7 Å². The summed E-state index contributed by atoms with van der Waals surface area (Å²) in [5.74, 6) is 0.748. The van der Waals surface area contributed by atoms with Crippen molar-refractivity contribution in [3.05, 3.63) is 64.6 Å². The molecule has 0 amide bonds. The Morgan fingerprint density at radius 3 is 2.48 bits per heavy atom. The van der Waals surface area contributed by atoms with Crippen LogP contribution in [0.5, 0.6) is 11.5 Å². The second kappa shape index (κ2) is 7.24. The normalized spacial score (nSPS) is 15.9. The molecular formula is C22H23FN4O2. The summed E-state index contributed by atoms with van der Waals surface area (Å²) in [5, 5.41) is 22.9. The molecule has 1 atom stereocenters. The molecule has 1 aliphatic rings. The van der Waals surface area contributed by atoms with E-state index in [2.05, 4.69) is 22.1 Å². The van der Waals surface area contributed by atoms with E-state index in [0.717, 1.165) is 41.2 Å². The molecule has 0 saturated heterocycles. The number of nitrogens with zero attached hydrogens (tertiary/aromatic N) is 3. The molecule has 7 heteroatoms. The molecule has 0 saturated carbocycles. The Kier molecular flexibility index (Phi) is 4.74. The highest BCUT2D eigenvalue weighted by atomic mass is 19.1. The van der Waals surface area contributed by atoms with Crippen molar-refractivity contribution in [2.45, 2.75) is 33.2 Å². The number of rotatable bonds is 3. The highest BCUT2D eigenvalue weighted by Gasteiger charge is 2.28. The third-order valence-corrected chi connectivity index (χ3v) is 5.51. The van der Waals surface area contributed by atoms with E-state index in [9.17, 15) is 14.6 Å². The summed E-state index contributed by atoms with van der Waals surface area (Å²) in [6.45, 7) is 6.70. The van der Waals surface area contributed by atoms with Crippen LogP contribution in [0.3, 0.4) is 0 Å². The van der Waals surface area contributed by atoms with E-state index >= 15 is 0 Å². The van der Waals surface area contributed by atoms with Gasteiger partial charge in [0.1, 0.15) is 11.6 Å². The molecule has 2 heterocycles. The number of phenolic OH excluding ortho intramolecular Hbond substituents is 2. The van der Waals surface area contributed by atoms with E-state index in [4.69, 9.17) is 4.98 Å². The molecule has 2 aromatic carbocycles. The van der Waals surface area contributed by atoms with Crippen LogP contribution in [0.2, 0.25) is 0 Å². The largest absolute Gasteiger partial charge is 0.504 e. The van der Waals surface area contributed by atoms with Gasteiger partial charge in [0.15, 0.2) is 11.5 Å². The number of hydrogen-bond acceptors (Lipinski definition) is 6. The van der Waals surface area contributed by atoms with Gasteiger partial charge >= 0.3 is 0 Å². The fourth-order valence-electron chi connectivity index (χ4n) is 3.74. The minimum Gasteiger partial charge on any atom is -0.504 e. The molecule has 4 rings (SSSR count). The smallest absolute Gasteiger partial charge is 0.229 e. The van der Waals surface area contributed by atoms with Gasteiger partial charge in [-0.1, -0.05) is 0 Å². The van der Waals surface area contributed by atoms with Crippen LogP contribution in [0.4, 0.5) is 21.8 Å². The average Bonchev–Trinajstić information content (AvgIpc) is 2.69. The maximum atomic E-state index is 13.2. The monoisotopic (exact) mass is 394 g/mol. The van der Waals surface area contributed by atoms with Crippen molar-refractivity contribution in [1.29, 1.82) is 0 Å². The number of aromatic hydroxyl groups is 2. The molecule has 1 aliphatic heterocycles. The molecule has 150 valence electrons. The van der Waals surface area contributed by atoms with Gasteiger partial charge in [0, 0.05) is 23.5 Å². The SMILES string of the molecule is Cc1nc(Nc2ccc(F)cc2)nc(N2CCc3cc(O)c(O)cc3C2C)c1C. The molecule has 0 aliphatic carbocycles. The second-order valence-electron chi connectivity index (χ2n) is 7.37. The third kappa shape index (κ3) is 3.55. The van der Waals surface area contributed by atoms with Gasteiger partial charge in [-0.25, -0.2) is 9.37 Å². The Hall–Kier alpha value is -3.35. The van der Waals surface area contributed by atoms with Crippen molar-refractivity contribution in [2.75, 3.05) is 16.8 Å². The summed E-state index contributed by atoms with van der Waals surface area (Å²) in [5.41, 5.74) is 4.53. The quantitative estimate of drug-likeness (QED) is 0.567. The zero-order chi connectivity index (χ0) is 20.7. The van der Waals surface area contributed by atoms with E-state index < -0.39 is 0 Å². The summed E-state index contributed by atoms with van der Waals surface area (Å²) in [7, 11) is 0. The van der Waals surface area contributed by atoms with Crippen molar-refractivity contribution >= 4 is 17.5 Å². The summed E-state index contributed by atoms with van der Waals surface area (Å²) < 4.78 is 13.2. The van der Waals surface area contributed by atoms with Crippen LogP contribution in [0.25, 0.3) is 0 Å². The highest BCUT2D eigenvalue weighted by molar-refractivity contribution is 5.60. The van der Waals surface area contributed by atoms with Gasteiger partial charge in [-0.15, -0.1) is 0 Å². The summed E-state index contributed by atoms with van der Waals surface area (Å²) in [4.78, 5) is 11.4. The number of nitrogens with one attached hydrogen (secondary N) is 1. The van der Waals surface area contributed by atoms with Gasteiger partial charge in [0.25, 0.3) is 0 Å². The van der Waals surface area contributed by atoms with Crippen LogP contribution in [0, 0.1) is 19.7 Å². The standard InChI is InChI=1S/C22H23FN4O2/c1-12-13(2)24-22(25-17-6-4-16(23)5-7-17)26-21(12)27-9-8-15-10-19(28)20(29)11-18(15)14(27)3/h4-7,10-11,14,28-29H,8-9H2,1-3H3,(H,24,25,26). The zero-order valence-electron chi connectivity index (χ0n) is 16.6. The summed E-state index contributed by atoms with van der Waals surface area (Å²) >= 11 is 0. The van der Waals surface area contributed by atoms with Crippen LogP contribution in [-0.2, 0) is 6.42 Å². The van der Waals surface area contributed by atoms with Gasteiger partial charge in [-0.05, 0) is 74.7 Å². The number of halogens is 1. The maximum absolute atomic E-state index is 13.2. The number of phenols is 2. The maximum Gasteiger partial charge on any atom is 0.229 e. The number of fused-ring (bicyclic) bond motifs is 1. The fraction of sp³-hybridized carbons (Fsp3) is 0.273. The molecule has 3 N–H and O–H groups in total. The molecule has 1 aromatic heterocycles. The van der Waals surface area contributed by atoms with E-state index in [1.807, 2.05) is 13.8 Å². The second-order valence-corrected chi connectivity index (χ2v) is 7.37. The Morgan fingerprint density at radius 1 is 1.07 bits per heavy atom. The van der Waals surface area contributed by atoms with Gasteiger partial charge in [-0.2, -0.15) is 4.98 Å². The van der Waals surface area contributed by atoms with Crippen molar-refractivity contribution in [3.63, 3.8) is 0 Å². The number of aryl methyl sites for hydroxylation is 1. The van der Waals surface area contributed by atoms with Crippen LogP contribution in [0.1, 0.15) is 35.3 Å². The van der Waals surface area contributed by atoms with Gasteiger partial charge in [0.05, 0.1) is 6.04 Å². The van der Waals surface area contributed by atoms with Crippen molar-refractivity contribution in [1.82, 2.24) is 9.97 Å². The lowest BCUT2D eigenvalue weighted by atomic mass is 9.92. The van der Waals surface area contributed by atoms with Crippen LogP contribution < -0.4 is 10.2 Å². The van der Waals surface area contributed by atoms with Crippen LogP contribution >= 0.6 is 0 Å². The minimum absolute atomic E-state index is 0.0306. The summed E-state index contributed by atoms with van der Waals surface area (Å²) in [6, 6.07) is 9.29. The first-order valence-electron chi connectivity index (χ1n) is 9.52. The molecule has 1 unspecified atom stereocenters. The molecule has 0 bridgehead atoms. The first-order chi connectivity index (χ1) is 13.8. The Balaban J connectivity index is 1.69. The van der Waals surface area contributed by atoms with E-state index in [1.54, 1.807) is 24.3 Å². The van der Waals surface area contributed by atoms with Gasteiger partial charge in [0.2, 0.25) is 5.95 Å². The predicted molar refractivity (Wildman–Crippen MR) is 110 cm³/mol. The predicted octanol–water partition coefficient (Wildman–Crippen LogP) is 4.51. The van der Waals surface area contributed by atoms with E-state index in [0.29, 0.717) is 11.6 Å². The number of benzene rings is 2. The Morgan fingerprint density at radius 2 is 1.76 bits per heavy atom. The van der Waals surface area contributed by atoms with E-state index in [1.165, 1.54) is 12.1 Å². The lowest BCUT2D eigenvalue weighted by Gasteiger charge is -2.37. The molecule has 0 spiro atoms.